The second-order valence-electron chi connectivity index (χ2n) is 17.9. The number of hydrogen-bond donors (Lipinski definition) is 0. The Morgan fingerprint density at radius 3 is 1.21 bits per heavy atom. The summed E-state index contributed by atoms with van der Waals surface area (Å²) in [5.74, 6) is 0. The number of anilines is 6. The van der Waals surface area contributed by atoms with Gasteiger partial charge < -0.3 is 18.6 Å². The predicted octanol–water partition coefficient (Wildman–Crippen LogP) is 17.2. The first-order chi connectivity index (χ1) is 35.6. The molecule has 0 aliphatic rings. The van der Waals surface area contributed by atoms with Gasteiger partial charge in [-0.2, -0.15) is 10.5 Å². The summed E-state index contributed by atoms with van der Waals surface area (Å²) < 4.78 is 13.4. The average molecular weight is 921 g/mol. The Hall–Kier alpha value is -10.3. The van der Waals surface area contributed by atoms with E-state index in [2.05, 4.69) is 141 Å². The molecule has 0 saturated carbocycles. The second kappa shape index (κ2) is 16.2. The van der Waals surface area contributed by atoms with Gasteiger partial charge in [0.05, 0.1) is 57.4 Å². The number of nitriles is 2. The zero-order valence-corrected chi connectivity index (χ0v) is 38.3. The van der Waals surface area contributed by atoms with Crippen LogP contribution in [0.4, 0.5) is 34.1 Å². The van der Waals surface area contributed by atoms with E-state index in [-0.39, 0.29) is 0 Å². The highest BCUT2D eigenvalue weighted by atomic mass is 16.3. The number of para-hydroxylation sites is 2. The van der Waals surface area contributed by atoms with Crippen molar-refractivity contribution >= 4 is 111 Å². The lowest BCUT2D eigenvalue weighted by Crippen LogP contribution is -2.13. The maximum absolute atomic E-state index is 10.3. The van der Waals surface area contributed by atoms with Gasteiger partial charge in [0.15, 0.2) is 11.2 Å². The van der Waals surface area contributed by atoms with Gasteiger partial charge in [-0.15, -0.1) is 0 Å². The average Bonchev–Trinajstić information content (AvgIpc) is 4.03. The molecule has 0 spiro atoms. The van der Waals surface area contributed by atoms with Crippen LogP contribution in [0.1, 0.15) is 11.1 Å². The van der Waals surface area contributed by atoms with Gasteiger partial charge in [-0.3, -0.25) is 0 Å². The second-order valence-corrected chi connectivity index (χ2v) is 17.9. The summed E-state index contributed by atoms with van der Waals surface area (Å²) in [6.07, 6.45) is 3.51. The Morgan fingerprint density at radius 2 is 0.764 bits per heavy atom. The first-order valence-corrected chi connectivity index (χ1v) is 23.7. The van der Waals surface area contributed by atoms with Gasteiger partial charge in [0.25, 0.3) is 0 Å². The van der Waals surface area contributed by atoms with E-state index in [4.69, 9.17) is 8.83 Å². The smallest absolute Gasteiger partial charge is 0.227 e. The summed E-state index contributed by atoms with van der Waals surface area (Å²) in [6.45, 7) is 0. The number of rotatable bonds is 8. The molecule has 0 unspecified atom stereocenters. The highest BCUT2D eigenvalue weighted by molar-refractivity contribution is 6.29. The van der Waals surface area contributed by atoms with Crippen LogP contribution in [0.25, 0.3) is 98.7 Å². The third-order valence-corrected chi connectivity index (χ3v) is 14.0. The van der Waals surface area contributed by atoms with Gasteiger partial charge in [0.2, 0.25) is 11.4 Å². The lowest BCUT2D eigenvalue weighted by Gasteiger charge is -2.31. The third-order valence-electron chi connectivity index (χ3n) is 14.0. The summed E-state index contributed by atoms with van der Waals surface area (Å²) in [6, 6.07) is 75.2. The van der Waals surface area contributed by atoms with Gasteiger partial charge in [0, 0.05) is 55.8 Å². The zero-order chi connectivity index (χ0) is 47.9. The molecule has 0 aliphatic carbocycles. The van der Waals surface area contributed by atoms with E-state index in [0.29, 0.717) is 33.7 Å². The lowest BCUT2D eigenvalue weighted by atomic mass is 9.91. The molecular weight excluding hydrogens is 885 g/mol. The Morgan fingerprint density at radius 1 is 0.347 bits per heavy atom. The fraction of sp³-hybridized carbons (Fsp3) is 0. The molecule has 0 saturated heterocycles. The lowest BCUT2D eigenvalue weighted by molar-refractivity contribution is 0.654. The van der Waals surface area contributed by atoms with E-state index in [1.54, 1.807) is 12.4 Å². The molecule has 0 aliphatic heterocycles. The van der Waals surface area contributed by atoms with Crippen LogP contribution in [0.5, 0.6) is 0 Å². The molecule has 0 amide bonds. The monoisotopic (exact) mass is 920 g/mol. The Kier molecular flexibility index (Phi) is 9.15. The van der Waals surface area contributed by atoms with Crippen LogP contribution in [0.15, 0.2) is 227 Å². The molecule has 72 heavy (non-hydrogen) atoms. The molecule has 4 heterocycles. The SMILES string of the molecule is N#Cc1ccc(N(c2ccc3ccc4c(N(c5ccc(C#N)cc5-c5ccccc5)c5cccc6c5oc5ncccc56)ccc5ccc2c3c54)c2cccc3c2oc2ncccc23)c(-c2ccccc2)c1. The van der Waals surface area contributed by atoms with Gasteiger partial charge in [-0.1, -0.05) is 121 Å². The number of furan rings is 2. The Bertz CT molecular complexity index is 4270. The molecule has 0 bridgehead atoms. The molecule has 4 aromatic heterocycles. The topological polar surface area (TPSA) is 106 Å². The molecule has 10 aromatic carbocycles. The van der Waals surface area contributed by atoms with Gasteiger partial charge >= 0.3 is 0 Å². The fourth-order valence-electron chi connectivity index (χ4n) is 10.8. The molecule has 0 atom stereocenters. The first-order valence-electron chi connectivity index (χ1n) is 23.7. The highest BCUT2D eigenvalue weighted by Gasteiger charge is 2.28. The van der Waals surface area contributed by atoms with E-state index in [1.165, 1.54) is 0 Å². The molecule has 14 rings (SSSR count). The fourth-order valence-corrected chi connectivity index (χ4v) is 10.8. The molecule has 0 N–H and O–H groups in total. The van der Waals surface area contributed by atoms with Crippen LogP contribution in [-0.4, -0.2) is 9.97 Å². The van der Waals surface area contributed by atoms with Crippen molar-refractivity contribution in [1.82, 2.24) is 9.97 Å². The van der Waals surface area contributed by atoms with Crippen molar-refractivity contribution in [3.05, 3.63) is 230 Å². The minimum atomic E-state index is 0.558. The van der Waals surface area contributed by atoms with E-state index in [0.717, 1.165) is 110 Å². The number of nitrogens with zero attached hydrogens (tertiary/aromatic N) is 6. The summed E-state index contributed by atoms with van der Waals surface area (Å²) >= 11 is 0. The third kappa shape index (κ3) is 6.24. The van der Waals surface area contributed by atoms with Crippen LogP contribution in [-0.2, 0) is 0 Å². The maximum Gasteiger partial charge on any atom is 0.227 e. The quantitative estimate of drug-likeness (QED) is 0.139. The number of pyridine rings is 2. The van der Waals surface area contributed by atoms with E-state index in [9.17, 15) is 10.5 Å². The predicted molar refractivity (Wildman–Crippen MR) is 290 cm³/mol. The van der Waals surface area contributed by atoms with Gasteiger partial charge in [-0.05, 0) is 118 Å². The van der Waals surface area contributed by atoms with E-state index in [1.807, 2.05) is 97.1 Å². The highest BCUT2D eigenvalue weighted by Crippen LogP contribution is 2.52. The van der Waals surface area contributed by atoms with Crippen molar-refractivity contribution in [3.8, 4) is 34.4 Å². The Balaban J connectivity index is 1.07. The summed E-state index contributed by atoms with van der Waals surface area (Å²) in [4.78, 5) is 13.8. The molecule has 8 heteroatoms. The summed E-state index contributed by atoms with van der Waals surface area (Å²) in [5.41, 5.74) is 12.7. The van der Waals surface area contributed by atoms with Gasteiger partial charge in [0.1, 0.15) is 0 Å². The maximum atomic E-state index is 10.3. The van der Waals surface area contributed by atoms with Crippen molar-refractivity contribution in [3.63, 3.8) is 0 Å². The van der Waals surface area contributed by atoms with Crippen LogP contribution < -0.4 is 9.80 Å². The van der Waals surface area contributed by atoms with Crippen LogP contribution in [0.2, 0.25) is 0 Å². The summed E-state index contributed by atoms with van der Waals surface area (Å²) in [5, 5.41) is 30.7. The van der Waals surface area contributed by atoms with Crippen LogP contribution in [0, 0.1) is 22.7 Å². The molecule has 334 valence electrons. The zero-order valence-electron chi connectivity index (χ0n) is 38.3. The van der Waals surface area contributed by atoms with Crippen molar-refractivity contribution in [2.75, 3.05) is 9.80 Å². The first kappa shape index (κ1) is 40.8. The molecule has 0 radical (unpaired) electrons. The summed E-state index contributed by atoms with van der Waals surface area (Å²) in [7, 11) is 0. The van der Waals surface area contributed by atoms with Crippen LogP contribution in [0.3, 0.4) is 0 Å². The molecule has 14 aromatic rings. The molecular formula is C64H36N6O2. The van der Waals surface area contributed by atoms with Crippen molar-refractivity contribution in [1.29, 1.82) is 10.5 Å². The van der Waals surface area contributed by atoms with E-state index >= 15 is 0 Å². The number of aromatic nitrogens is 2. The minimum absolute atomic E-state index is 0.558. The standard InChI is InChI=1S/C64H36N6O2/c65-37-39-21-29-55(51(35-39)41-11-3-1-4-12-41)69(57-19-7-15-45-47-17-9-33-67-63(47)71-61(45)57)53-31-25-43-24-28-50-54(32-26-44-23-27-49(53)59(43)60(44)50)70(56-30-22-40(38-66)36-52(56)42-13-5-2-6-14-42)58-20-8-16-46-48-18-10-34-68-64(48)72-62(46)58/h1-36H. The Labute approximate surface area is 412 Å². The van der Waals surface area contributed by atoms with Crippen molar-refractivity contribution < 1.29 is 8.83 Å². The number of hydrogen-bond acceptors (Lipinski definition) is 8. The minimum Gasteiger partial charge on any atom is -0.435 e. The molecule has 0 fully saturated rings. The van der Waals surface area contributed by atoms with E-state index < -0.39 is 0 Å². The largest absolute Gasteiger partial charge is 0.435 e. The van der Waals surface area contributed by atoms with Crippen molar-refractivity contribution in [2.45, 2.75) is 0 Å². The number of benzene rings is 10. The molecule has 8 nitrogen and oxygen atoms in total. The normalized spacial score (nSPS) is 11.6. The van der Waals surface area contributed by atoms with Gasteiger partial charge in [-0.25, -0.2) is 9.97 Å². The number of fused-ring (bicyclic) bond motifs is 6. The van der Waals surface area contributed by atoms with Crippen molar-refractivity contribution in [2.24, 2.45) is 0 Å². The van der Waals surface area contributed by atoms with Crippen LogP contribution >= 0.6 is 0 Å².